The van der Waals surface area contributed by atoms with Crippen molar-refractivity contribution in [1.82, 2.24) is 30.1 Å². The minimum Gasteiger partial charge on any atom is -0.497 e. The van der Waals surface area contributed by atoms with Crippen LogP contribution in [0.1, 0.15) is 36.8 Å². The molecule has 1 N–H and O–H groups in total. The van der Waals surface area contributed by atoms with Crippen LogP contribution in [0, 0.1) is 5.92 Å². The highest BCUT2D eigenvalue weighted by atomic mass is 16.5. The average molecular weight is 491 g/mol. The third-order valence-corrected chi connectivity index (χ3v) is 6.39. The summed E-state index contributed by atoms with van der Waals surface area (Å²) in [6.07, 6.45) is 0.836. The molecule has 0 amide bonds. The van der Waals surface area contributed by atoms with Crippen LogP contribution < -0.4 is 10.3 Å². The van der Waals surface area contributed by atoms with Crippen molar-refractivity contribution < 1.29 is 9.47 Å². The molecule has 0 saturated heterocycles. The van der Waals surface area contributed by atoms with Gasteiger partial charge in [0.15, 0.2) is 5.82 Å². The molecule has 0 aliphatic rings. The maximum Gasteiger partial charge on any atom is 0.252 e. The van der Waals surface area contributed by atoms with E-state index in [2.05, 4.69) is 51.4 Å². The predicted molar refractivity (Wildman–Crippen MR) is 139 cm³/mol. The van der Waals surface area contributed by atoms with E-state index in [0.717, 1.165) is 35.4 Å². The number of hydrogen-bond acceptors (Lipinski definition) is 7. The van der Waals surface area contributed by atoms with E-state index < -0.39 is 0 Å². The topological polar surface area (TPSA) is 98.2 Å². The van der Waals surface area contributed by atoms with Gasteiger partial charge in [-0.1, -0.05) is 44.2 Å². The summed E-state index contributed by atoms with van der Waals surface area (Å²) < 4.78 is 12.5. The van der Waals surface area contributed by atoms with Gasteiger partial charge in [-0.25, -0.2) is 4.68 Å². The maximum atomic E-state index is 13.1. The van der Waals surface area contributed by atoms with Gasteiger partial charge in [0.2, 0.25) is 0 Å². The highest BCUT2D eigenvalue weighted by Gasteiger charge is 2.29. The molecule has 2 aromatic carbocycles. The first-order chi connectivity index (χ1) is 17.5. The van der Waals surface area contributed by atoms with Crippen molar-refractivity contribution in [2.75, 3.05) is 27.4 Å². The Bertz CT molecular complexity index is 1320. The summed E-state index contributed by atoms with van der Waals surface area (Å²) in [6, 6.07) is 17.9. The Kier molecular flexibility index (Phi) is 8.45. The summed E-state index contributed by atoms with van der Waals surface area (Å²) >= 11 is 0. The van der Waals surface area contributed by atoms with Crippen LogP contribution in [-0.4, -0.2) is 57.5 Å². The number of tetrazole rings is 1. The molecule has 190 valence electrons. The molecule has 36 heavy (non-hydrogen) atoms. The monoisotopic (exact) mass is 490 g/mol. The van der Waals surface area contributed by atoms with Crippen molar-refractivity contribution in [3.63, 3.8) is 0 Å². The zero-order valence-electron chi connectivity index (χ0n) is 21.3. The SMILES string of the molecule is COCCn1nnnc1[C@H](C(C)C)N(CCc1ccccc1)Cc1cc2cc(OC)ccc2[nH]c1=O. The Morgan fingerprint density at radius 3 is 2.61 bits per heavy atom. The van der Waals surface area contributed by atoms with Crippen LogP contribution in [0.3, 0.4) is 0 Å². The summed E-state index contributed by atoms with van der Waals surface area (Å²) in [5, 5.41) is 13.5. The van der Waals surface area contributed by atoms with Gasteiger partial charge in [0.25, 0.3) is 5.56 Å². The van der Waals surface area contributed by atoms with E-state index in [1.54, 1.807) is 18.9 Å². The first-order valence-electron chi connectivity index (χ1n) is 12.2. The highest BCUT2D eigenvalue weighted by Crippen LogP contribution is 2.29. The van der Waals surface area contributed by atoms with Crippen molar-refractivity contribution in [2.45, 2.75) is 39.4 Å². The Balaban J connectivity index is 1.71. The van der Waals surface area contributed by atoms with E-state index in [1.165, 1.54) is 5.56 Å². The number of aromatic amines is 1. The van der Waals surface area contributed by atoms with Crippen molar-refractivity contribution in [3.05, 3.63) is 81.9 Å². The summed E-state index contributed by atoms with van der Waals surface area (Å²) in [5.41, 5.74) is 2.61. The van der Waals surface area contributed by atoms with Crippen molar-refractivity contribution >= 4 is 10.9 Å². The summed E-state index contributed by atoms with van der Waals surface area (Å²) in [5.74, 6) is 1.72. The molecule has 0 saturated carbocycles. The second kappa shape index (κ2) is 11.9. The second-order valence-corrected chi connectivity index (χ2v) is 9.22. The number of pyridine rings is 1. The fourth-order valence-corrected chi connectivity index (χ4v) is 4.57. The number of ether oxygens (including phenoxy) is 2. The van der Waals surface area contributed by atoms with Gasteiger partial charge in [-0.05, 0) is 52.6 Å². The van der Waals surface area contributed by atoms with Gasteiger partial charge in [0, 0.05) is 36.7 Å². The normalized spacial score (nSPS) is 12.5. The number of benzene rings is 2. The average Bonchev–Trinajstić information content (AvgIpc) is 3.34. The van der Waals surface area contributed by atoms with E-state index in [1.807, 2.05) is 42.5 Å². The van der Waals surface area contributed by atoms with E-state index in [4.69, 9.17) is 9.47 Å². The minimum atomic E-state index is -0.0983. The molecule has 9 nitrogen and oxygen atoms in total. The smallest absolute Gasteiger partial charge is 0.252 e. The fraction of sp³-hybridized carbons (Fsp3) is 0.407. The molecule has 2 aromatic heterocycles. The number of hydrogen-bond donors (Lipinski definition) is 1. The summed E-state index contributed by atoms with van der Waals surface area (Å²) in [6.45, 7) is 6.58. The van der Waals surface area contributed by atoms with Crippen LogP contribution in [-0.2, 0) is 24.2 Å². The molecule has 4 aromatic rings. The fourth-order valence-electron chi connectivity index (χ4n) is 4.57. The lowest BCUT2D eigenvalue weighted by Crippen LogP contribution is -2.37. The van der Waals surface area contributed by atoms with Crippen LogP contribution >= 0.6 is 0 Å². The molecule has 4 rings (SSSR count). The number of fused-ring (bicyclic) bond motifs is 1. The van der Waals surface area contributed by atoms with Gasteiger partial charge >= 0.3 is 0 Å². The van der Waals surface area contributed by atoms with Crippen LogP contribution in [0.4, 0.5) is 0 Å². The molecule has 0 radical (unpaired) electrons. The largest absolute Gasteiger partial charge is 0.497 e. The molecular formula is C27H34N6O3. The number of rotatable bonds is 12. The predicted octanol–water partition coefficient (Wildman–Crippen LogP) is 3.61. The third kappa shape index (κ3) is 5.98. The molecule has 0 fully saturated rings. The highest BCUT2D eigenvalue weighted by molar-refractivity contribution is 5.80. The van der Waals surface area contributed by atoms with Gasteiger partial charge in [0.1, 0.15) is 5.75 Å². The molecule has 1 atom stereocenters. The Morgan fingerprint density at radius 1 is 1.08 bits per heavy atom. The first-order valence-corrected chi connectivity index (χ1v) is 12.2. The Hall–Kier alpha value is -3.56. The van der Waals surface area contributed by atoms with E-state index in [-0.39, 0.29) is 17.5 Å². The molecule has 2 heterocycles. The quantitative estimate of drug-likeness (QED) is 0.324. The third-order valence-electron chi connectivity index (χ3n) is 6.39. The zero-order chi connectivity index (χ0) is 25.5. The lowest BCUT2D eigenvalue weighted by atomic mass is 9.99. The standard InChI is InChI=1S/C27H34N6O3/c1-19(2)25(26-29-30-31-33(26)14-15-35-3)32(13-12-20-8-6-5-7-9-20)18-22-16-21-17-23(36-4)10-11-24(21)28-27(22)34/h5-11,16-17,19,25H,12-15,18H2,1-4H3,(H,28,34)/t25-/m0/s1. The van der Waals surface area contributed by atoms with Gasteiger partial charge in [-0.15, -0.1) is 5.10 Å². The van der Waals surface area contributed by atoms with Crippen LogP contribution in [0.15, 0.2) is 59.4 Å². The molecule has 9 heteroatoms. The van der Waals surface area contributed by atoms with E-state index in [0.29, 0.717) is 25.3 Å². The van der Waals surface area contributed by atoms with Crippen molar-refractivity contribution in [1.29, 1.82) is 0 Å². The van der Waals surface area contributed by atoms with Gasteiger partial charge in [0.05, 0.1) is 26.3 Å². The number of H-pyrrole nitrogens is 1. The second-order valence-electron chi connectivity index (χ2n) is 9.22. The van der Waals surface area contributed by atoms with Gasteiger partial charge in [-0.3, -0.25) is 9.69 Å². The van der Waals surface area contributed by atoms with E-state index in [9.17, 15) is 4.79 Å². The number of nitrogens with one attached hydrogen (secondary N) is 1. The lowest BCUT2D eigenvalue weighted by Gasteiger charge is -2.33. The molecule has 0 bridgehead atoms. The molecule has 0 aliphatic heterocycles. The summed E-state index contributed by atoms with van der Waals surface area (Å²) in [7, 11) is 3.30. The Morgan fingerprint density at radius 2 is 1.89 bits per heavy atom. The minimum absolute atomic E-state index is 0.0963. The van der Waals surface area contributed by atoms with Crippen LogP contribution in [0.2, 0.25) is 0 Å². The molecular weight excluding hydrogens is 456 g/mol. The van der Waals surface area contributed by atoms with Crippen molar-refractivity contribution in [2.24, 2.45) is 5.92 Å². The number of nitrogens with zero attached hydrogens (tertiary/aromatic N) is 5. The number of methoxy groups -OCH3 is 2. The lowest BCUT2D eigenvalue weighted by molar-refractivity contribution is 0.130. The summed E-state index contributed by atoms with van der Waals surface area (Å²) in [4.78, 5) is 18.4. The molecule has 0 unspecified atom stereocenters. The Labute approximate surface area is 211 Å². The van der Waals surface area contributed by atoms with Crippen LogP contribution in [0.5, 0.6) is 5.75 Å². The van der Waals surface area contributed by atoms with E-state index >= 15 is 0 Å². The number of aromatic nitrogens is 5. The van der Waals surface area contributed by atoms with Crippen LogP contribution in [0.25, 0.3) is 10.9 Å². The zero-order valence-corrected chi connectivity index (χ0v) is 21.3. The molecule has 0 spiro atoms. The van der Waals surface area contributed by atoms with Gasteiger partial charge in [-0.2, -0.15) is 0 Å². The first kappa shape index (κ1) is 25.5. The van der Waals surface area contributed by atoms with Crippen molar-refractivity contribution in [3.8, 4) is 5.75 Å². The molecule has 0 aliphatic carbocycles. The van der Waals surface area contributed by atoms with Gasteiger partial charge < -0.3 is 14.5 Å². The maximum absolute atomic E-state index is 13.1.